The fourth-order valence-electron chi connectivity index (χ4n) is 1.83. The molecule has 1 fully saturated rings. The molecule has 1 aromatic heterocycles. The molecule has 0 saturated heterocycles. The standard InChI is InChI=1S/C10H13F3N4O/c1-5(10(11,12)13)17-9(6-2-3-6)7(15-16-17)4-8(14)18/h5-6H,2-4H2,1H3,(H2,14,18). The Hall–Kier alpha value is -1.60. The molecule has 0 radical (unpaired) electrons. The zero-order chi connectivity index (χ0) is 13.5. The van der Waals surface area contributed by atoms with Crippen molar-refractivity contribution in [2.75, 3.05) is 0 Å². The Balaban J connectivity index is 2.36. The zero-order valence-electron chi connectivity index (χ0n) is 9.74. The first-order valence-corrected chi connectivity index (χ1v) is 5.59. The van der Waals surface area contributed by atoms with Gasteiger partial charge in [-0.3, -0.25) is 4.79 Å². The molecule has 1 aliphatic rings. The number of carbonyl (C=O) groups is 1. The van der Waals surface area contributed by atoms with Gasteiger partial charge in [-0.25, -0.2) is 4.68 Å². The Morgan fingerprint density at radius 2 is 2.17 bits per heavy atom. The third-order valence-corrected chi connectivity index (χ3v) is 2.95. The Labute approximate surface area is 101 Å². The monoisotopic (exact) mass is 262 g/mol. The number of carbonyl (C=O) groups excluding carboxylic acids is 1. The van der Waals surface area contributed by atoms with E-state index in [4.69, 9.17) is 5.73 Å². The van der Waals surface area contributed by atoms with Gasteiger partial charge in [0.1, 0.15) is 6.04 Å². The number of nitrogens with zero attached hydrogens (tertiary/aromatic N) is 3. The van der Waals surface area contributed by atoms with Gasteiger partial charge in [-0.15, -0.1) is 5.10 Å². The average Bonchev–Trinajstić information content (AvgIpc) is 2.98. The van der Waals surface area contributed by atoms with E-state index in [-0.39, 0.29) is 18.0 Å². The largest absolute Gasteiger partial charge is 0.410 e. The van der Waals surface area contributed by atoms with Crippen molar-refractivity contribution >= 4 is 5.91 Å². The molecule has 0 bridgehead atoms. The molecule has 1 atom stereocenters. The molecule has 2 N–H and O–H groups in total. The number of halogens is 3. The number of amides is 1. The van der Waals surface area contributed by atoms with Crippen LogP contribution in [0, 0.1) is 0 Å². The van der Waals surface area contributed by atoms with Crippen LogP contribution in [0.2, 0.25) is 0 Å². The fraction of sp³-hybridized carbons (Fsp3) is 0.700. The van der Waals surface area contributed by atoms with Crippen molar-refractivity contribution in [3.05, 3.63) is 11.4 Å². The number of hydrogen-bond donors (Lipinski definition) is 1. The van der Waals surface area contributed by atoms with Crippen molar-refractivity contribution in [3.63, 3.8) is 0 Å². The zero-order valence-corrected chi connectivity index (χ0v) is 9.74. The van der Waals surface area contributed by atoms with E-state index < -0.39 is 18.1 Å². The van der Waals surface area contributed by atoms with Gasteiger partial charge in [-0.2, -0.15) is 13.2 Å². The van der Waals surface area contributed by atoms with Gasteiger partial charge in [0, 0.05) is 5.92 Å². The second-order valence-electron chi connectivity index (χ2n) is 4.50. The first-order chi connectivity index (χ1) is 8.30. The molecule has 0 aliphatic heterocycles. The maximum absolute atomic E-state index is 12.7. The van der Waals surface area contributed by atoms with Gasteiger partial charge in [0.15, 0.2) is 0 Å². The number of aromatic nitrogens is 3. The second-order valence-corrected chi connectivity index (χ2v) is 4.50. The van der Waals surface area contributed by atoms with E-state index >= 15 is 0 Å². The van der Waals surface area contributed by atoms with Gasteiger partial charge in [0.25, 0.3) is 0 Å². The van der Waals surface area contributed by atoms with Crippen LogP contribution in [0.4, 0.5) is 13.2 Å². The van der Waals surface area contributed by atoms with Crippen molar-refractivity contribution in [1.82, 2.24) is 15.0 Å². The van der Waals surface area contributed by atoms with Crippen molar-refractivity contribution in [2.24, 2.45) is 5.73 Å². The average molecular weight is 262 g/mol. The molecule has 2 rings (SSSR count). The highest BCUT2D eigenvalue weighted by Gasteiger charge is 2.42. The van der Waals surface area contributed by atoms with Crippen LogP contribution in [0.25, 0.3) is 0 Å². The predicted molar refractivity (Wildman–Crippen MR) is 55.7 cm³/mol. The van der Waals surface area contributed by atoms with E-state index in [1.54, 1.807) is 0 Å². The van der Waals surface area contributed by atoms with Crippen LogP contribution < -0.4 is 5.73 Å². The molecule has 100 valence electrons. The molecule has 1 heterocycles. The summed E-state index contributed by atoms with van der Waals surface area (Å²) in [5, 5.41) is 7.20. The Bertz CT molecular complexity index is 464. The predicted octanol–water partition coefficient (Wildman–Crippen LogP) is 1.31. The van der Waals surface area contributed by atoms with Gasteiger partial charge in [0.05, 0.1) is 17.8 Å². The molecule has 1 aromatic rings. The van der Waals surface area contributed by atoms with Crippen LogP contribution >= 0.6 is 0 Å². The summed E-state index contributed by atoms with van der Waals surface area (Å²) in [6.45, 7) is 1.02. The number of primary amides is 1. The highest BCUT2D eigenvalue weighted by molar-refractivity contribution is 5.76. The number of alkyl halides is 3. The highest BCUT2D eigenvalue weighted by atomic mass is 19.4. The van der Waals surface area contributed by atoms with Crippen molar-refractivity contribution in [3.8, 4) is 0 Å². The lowest BCUT2D eigenvalue weighted by molar-refractivity contribution is -0.166. The molecule has 5 nitrogen and oxygen atoms in total. The summed E-state index contributed by atoms with van der Waals surface area (Å²) in [4.78, 5) is 10.9. The van der Waals surface area contributed by atoms with E-state index in [0.717, 1.165) is 24.4 Å². The number of nitrogens with two attached hydrogens (primary N) is 1. The van der Waals surface area contributed by atoms with E-state index in [1.807, 2.05) is 0 Å². The van der Waals surface area contributed by atoms with Gasteiger partial charge in [-0.05, 0) is 19.8 Å². The van der Waals surface area contributed by atoms with Gasteiger partial charge in [0.2, 0.25) is 5.91 Å². The van der Waals surface area contributed by atoms with Crippen molar-refractivity contribution < 1.29 is 18.0 Å². The van der Waals surface area contributed by atoms with Crippen molar-refractivity contribution in [2.45, 2.75) is 44.3 Å². The molecular formula is C10H13F3N4O. The smallest absolute Gasteiger partial charge is 0.369 e. The SMILES string of the molecule is CC(n1nnc(CC(N)=O)c1C1CC1)C(F)(F)F. The summed E-state index contributed by atoms with van der Waals surface area (Å²) in [6.07, 6.45) is -2.97. The molecule has 1 aliphatic carbocycles. The van der Waals surface area contributed by atoms with Crippen LogP contribution in [0.5, 0.6) is 0 Å². The lowest BCUT2D eigenvalue weighted by Gasteiger charge is -2.18. The van der Waals surface area contributed by atoms with Crippen molar-refractivity contribution in [1.29, 1.82) is 0 Å². The summed E-state index contributed by atoms with van der Waals surface area (Å²) in [7, 11) is 0. The minimum atomic E-state index is -4.39. The molecule has 1 amide bonds. The normalized spacial score (nSPS) is 17.8. The molecular weight excluding hydrogens is 249 g/mol. The summed E-state index contributed by atoms with van der Waals surface area (Å²) < 4.78 is 38.9. The maximum Gasteiger partial charge on any atom is 0.410 e. The molecule has 0 spiro atoms. The summed E-state index contributed by atoms with van der Waals surface area (Å²) in [5.74, 6) is -0.609. The van der Waals surface area contributed by atoms with Gasteiger partial charge in [-0.1, -0.05) is 5.21 Å². The first kappa shape index (κ1) is 12.8. The van der Waals surface area contributed by atoms with Gasteiger partial charge < -0.3 is 5.73 Å². The lowest BCUT2D eigenvalue weighted by atomic mass is 10.1. The first-order valence-electron chi connectivity index (χ1n) is 5.59. The minimum absolute atomic E-state index is 0.0131. The van der Waals surface area contributed by atoms with Crippen LogP contribution in [-0.4, -0.2) is 27.1 Å². The summed E-state index contributed by atoms with van der Waals surface area (Å²) in [5.41, 5.74) is 5.71. The van der Waals surface area contributed by atoms with Gasteiger partial charge >= 0.3 is 6.18 Å². The van der Waals surface area contributed by atoms with E-state index in [1.165, 1.54) is 0 Å². The third kappa shape index (κ3) is 2.46. The molecule has 1 unspecified atom stereocenters. The fourth-order valence-corrected chi connectivity index (χ4v) is 1.83. The van der Waals surface area contributed by atoms with E-state index in [9.17, 15) is 18.0 Å². The van der Waals surface area contributed by atoms with Crippen LogP contribution in [-0.2, 0) is 11.2 Å². The molecule has 18 heavy (non-hydrogen) atoms. The Morgan fingerprint density at radius 1 is 1.56 bits per heavy atom. The van der Waals surface area contributed by atoms with Crippen LogP contribution in [0.1, 0.15) is 43.1 Å². The minimum Gasteiger partial charge on any atom is -0.369 e. The number of hydrogen-bond acceptors (Lipinski definition) is 3. The number of rotatable bonds is 4. The Kier molecular flexibility index (Phi) is 3.04. The second kappa shape index (κ2) is 4.25. The quantitative estimate of drug-likeness (QED) is 0.889. The topological polar surface area (TPSA) is 73.8 Å². The Morgan fingerprint density at radius 3 is 2.61 bits per heavy atom. The van der Waals surface area contributed by atoms with Crippen LogP contribution in [0.3, 0.4) is 0 Å². The van der Waals surface area contributed by atoms with E-state index in [0.29, 0.717) is 5.69 Å². The lowest BCUT2D eigenvalue weighted by Crippen LogP contribution is -2.26. The van der Waals surface area contributed by atoms with E-state index in [2.05, 4.69) is 10.3 Å². The summed E-state index contributed by atoms with van der Waals surface area (Å²) >= 11 is 0. The molecule has 0 aromatic carbocycles. The third-order valence-electron chi connectivity index (χ3n) is 2.95. The summed E-state index contributed by atoms with van der Waals surface area (Å²) in [6, 6.07) is -1.75. The van der Waals surface area contributed by atoms with Crippen LogP contribution in [0.15, 0.2) is 0 Å². The highest BCUT2D eigenvalue weighted by Crippen LogP contribution is 2.43. The molecule has 1 saturated carbocycles. The maximum atomic E-state index is 12.7. The molecule has 8 heteroatoms.